The Hall–Kier alpha value is -1.26. The van der Waals surface area contributed by atoms with Crippen molar-refractivity contribution in [2.24, 2.45) is 5.41 Å². The highest BCUT2D eigenvalue weighted by Crippen LogP contribution is 2.36. The third kappa shape index (κ3) is 5.56. The van der Waals surface area contributed by atoms with Crippen LogP contribution < -0.4 is 10.6 Å². The summed E-state index contributed by atoms with van der Waals surface area (Å²) in [4.78, 5) is 21.7. The number of hydrogen-bond donors (Lipinski definition) is 3. The Labute approximate surface area is 102 Å². The number of nitrogens with one attached hydrogen (secondary N) is 2. The number of amides is 2. The first-order valence-corrected chi connectivity index (χ1v) is 6.25. The van der Waals surface area contributed by atoms with Gasteiger partial charge in [-0.1, -0.05) is 19.8 Å². The second-order valence-corrected chi connectivity index (χ2v) is 5.12. The number of carbonyl (C=O) groups is 2. The predicted molar refractivity (Wildman–Crippen MR) is 64.8 cm³/mol. The summed E-state index contributed by atoms with van der Waals surface area (Å²) in [5, 5.41) is 14.0. The summed E-state index contributed by atoms with van der Waals surface area (Å²) in [5.41, 5.74) is 0.248. The van der Waals surface area contributed by atoms with Crippen molar-refractivity contribution < 1.29 is 14.7 Å². The molecule has 0 radical (unpaired) electrons. The number of hydrogen-bond acceptors (Lipinski definition) is 2. The third-order valence-electron chi connectivity index (χ3n) is 3.34. The summed E-state index contributed by atoms with van der Waals surface area (Å²) in [6.45, 7) is 3.32. The SMILES string of the molecule is CC1(CNC(=O)NCCCC(=O)O)CCCC1. The molecule has 0 saturated heterocycles. The summed E-state index contributed by atoms with van der Waals surface area (Å²) >= 11 is 0. The van der Waals surface area contributed by atoms with Crippen molar-refractivity contribution in [3.05, 3.63) is 0 Å². The molecule has 17 heavy (non-hydrogen) atoms. The molecule has 0 spiro atoms. The zero-order chi connectivity index (χ0) is 12.7. The summed E-state index contributed by atoms with van der Waals surface area (Å²) < 4.78 is 0. The smallest absolute Gasteiger partial charge is 0.314 e. The highest BCUT2D eigenvalue weighted by Gasteiger charge is 2.28. The minimum Gasteiger partial charge on any atom is -0.481 e. The van der Waals surface area contributed by atoms with Gasteiger partial charge < -0.3 is 15.7 Å². The lowest BCUT2D eigenvalue weighted by atomic mass is 9.89. The van der Waals surface area contributed by atoms with Crippen LogP contribution in [0, 0.1) is 5.41 Å². The number of carboxylic acids is 1. The Balaban J connectivity index is 2.06. The highest BCUT2D eigenvalue weighted by molar-refractivity contribution is 5.74. The summed E-state index contributed by atoms with van der Waals surface area (Å²) in [5.74, 6) is -0.828. The van der Waals surface area contributed by atoms with E-state index in [1.165, 1.54) is 25.7 Å². The Morgan fingerprint density at radius 2 is 1.88 bits per heavy atom. The number of rotatable bonds is 6. The van der Waals surface area contributed by atoms with E-state index >= 15 is 0 Å². The normalized spacial score (nSPS) is 17.7. The van der Waals surface area contributed by atoms with Crippen molar-refractivity contribution in [3.63, 3.8) is 0 Å². The molecule has 1 rings (SSSR count). The van der Waals surface area contributed by atoms with Crippen molar-refractivity contribution >= 4 is 12.0 Å². The van der Waals surface area contributed by atoms with Gasteiger partial charge in [-0.25, -0.2) is 4.79 Å². The fraction of sp³-hybridized carbons (Fsp3) is 0.833. The van der Waals surface area contributed by atoms with Gasteiger partial charge in [0.25, 0.3) is 0 Å². The van der Waals surface area contributed by atoms with Gasteiger partial charge in [0.15, 0.2) is 0 Å². The molecular formula is C12H22N2O3. The maximum atomic E-state index is 11.4. The molecule has 0 aromatic heterocycles. The number of aliphatic carboxylic acids is 1. The molecule has 1 aliphatic rings. The molecule has 0 bridgehead atoms. The van der Waals surface area contributed by atoms with Crippen LogP contribution >= 0.6 is 0 Å². The Bertz CT molecular complexity index is 273. The molecule has 1 saturated carbocycles. The largest absolute Gasteiger partial charge is 0.481 e. The molecule has 5 heteroatoms. The van der Waals surface area contributed by atoms with E-state index in [1.54, 1.807) is 0 Å². The summed E-state index contributed by atoms with van der Waals surface area (Å²) in [7, 11) is 0. The topological polar surface area (TPSA) is 78.4 Å². The van der Waals surface area contributed by atoms with Crippen molar-refractivity contribution in [2.45, 2.75) is 45.4 Å². The lowest BCUT2D eigenvalue weighted by Gasteiger charge is -2.23. The molecule has 1 aliphatic carbocycles. The predicted octanol–water partition coefficient (Wildman–Crippen LogP) is 1.73. The van der Waals surface area contributed by atoms with Crippen LogP contribution in [0.3, 0.4) is 0 Å². The van der Waals surface area contributed by atoms with Crippen LogP contribution in [0.5, 0.6) is 0 Å². The monoisotopic (exact) mass is 242 g/mol. The van der Waals surface area contributed by atoms with Gasteiger partial charge in [0.2, 0.25) is 0 Å². The summed E-state index contributed by atoms with van der Waals surface area (Å²) in [6.07, 6.45) is 5.41. The fourth-order valence-electron chi connectivity index (χ4n) is 2.20. The van der Waals surface area contributed by atoms with Crippen molar-refractivity contribution in [3.8, 4) is 0 Å². The number of carbonyl (C=O) groups excluding carboxylic acids is 1. The van der Waals surface area contributed by atoms with E-state index in [-0.39, 0.29) is 17.9 Å². The first-order chi connectivity index (χ1) is 8.02. The van der Waals surface area contributed by atoms with Gasteiger partial charge in [0, 0.05) is 19.5 Å². The minimum absolute atomic E-state index is 0.0952. The Morgan fingerprint density at radius 1 is 1.24 bits per heavy atom. The fourth-order valence-corrected chi connectivity index (χ4v) is 2.20. The molecule has 0 unspecified atom stereocenters. The van der Waals surface area contributed by atoms with Crippen LogP contribution in [0.25, 0.3) is 0 Å². The molecule has 0 aliphatic heterocycles. The molecule has 98 valence electrons. The summed E-state index contributed by atoms with van der Waals surface area (Å²) in [6, 6.07) is -0.191. The maximum Gasteiger partial charge on any atom is 0.314 e. The van der Waals surface area contributed by atoms with Crippen molar-refractivity contribution in [2.75, 3.05) is 13.1 Å². The lowest BCUT2D eigenvalue weighted by molar-refractivity contribution is -0.137. The van der Waals surface area contributed by atoms with Crippen LogP contribution in [0.2, 0.25) is 0 Å². The van der Waals surface area contributed by atoms with Gasteiger partial charge in [-0.15, -0.1) is 0 Å². The highest BCUT2D eigenvalue weighted by atomic mass is 16.4. The van der Waals surface area contributed by atoms with E-state index < -0.39 is 5.97 Å². The van der Waals surface area contributed by atoms with Crippen LogP contribution in [-0.4, -0.2) is 30.2 Å². The van der Waals surface area contributed by atoms with Crippen molar-refractivity contribution in [1.29, 1.82) is 0 Å². The molecule has 0 heterocycles. The van der Waals surface area contributed by atoms with E-state index in [0.29, 0.717) is 19.5 Å². The Morgan fingerprint density at radius 3 is 2.47 bits per heavy atom. The Kier molecular flexibility index (Phi) is 5.25. The lowest BCUT2D eigenvalue weighted by Crippen LogP contribution is -2.41. The maximum absolute atomic E-state index is 11.4. The molecule has 0 atom stereocenters. The molecule has 1 fully saturated rings. The van der Waals surface area contributed by atoms with Gasteiger partial charge in [0.1, 0.15) is 0 Å². The van der Waals surface area contributed by atoms with Crippen LogP contribution in [0.4, 0.5) is 4.79 Å². The zero-order valence-electron chi connectivity index (χ0n) is 10.4. The van der Waals surface area contributed by atoms with E-state index in [4.69, 9.17) is 5.11 Å². The molecular weight excluding hydrogens is 220 g/mol. The van der Waals surface area contributed by atoms with Crippen LogP contribution in [-0.2, 0) is 4.79 Å². The third-order valence-corrected chi connectivity index (χ3v) is 3.34. The number of urea groups is 1. The second-order valence-electron chi connectivity index (χ2n) is 5.12. The van der Waals surface area contributed by atoms with E-state index in [9.17, 15) is 9.59 Å². The minimum atomic E-state index is -0.828. The number of carboxylic acid groups (broad SMARTS) is 1. The van der Waals surface area contributed by atoms with Gasteiger partial charge in [0.05, 0.1) is 0 Å². The van der Waals surface area contributed by atoms with E-state index in [2.05, 4.69) is 17.6 Å². The molecule has 3 N–H and O–H groups in total. The average Bonchev–Trinajstić information content (AvgIpc) is 2.69. The standard InChI is InChI=1S/C12H22N2O3/c1-12(6-2-3-7-12)9-14-11(17)13-8-4-5-10(15)16/h2-9H2,1H3,(H,15,16)(H2,13,14,17). The van der Waals surface area contributed by atoms with E-state index in [0.717, 1.165) is 0 Å². The van der Waals surface area contributed by atoms with Crippen LogP contribution in [0.15, 0.2) is 0 Å². The van der Waals surface area contributed by atoms with Gasteiger partial charge >= 0.3 is 12.0 Å². The first-order valence-electron chi connectivity index (χ1n) is 6.25. The molecule has 2 amide bonds. The van der Waals surface area contributed by atoms with Crippen LogP contribution in [0.1, 0.15) is 45.4 Å². The second kappa shape index (κ2) is 6.47. The van der Waals surface area contributed by atoms with Crippen molar-refractivity contribution in [1.82, 2.24) is 10.6 Å². The van der Waals surface area contributed by atoms with E-state index in [1.807, 2.05) is 0 Å². The molecule has 0 aromatic carbocycles. The zero-order valence-corrected chi connectivity index (χ0v) is 10.4. The van der Waals surface area contributed by atoms with Gasteiger partial charge in [-0.05, 0) is 24.7 Å². The first kappa shape index (κ1) is 13.8. The average molecular weight is 242 g/mol. The molecule has 5 nitrogen and oxygen atoms in total. The van der Waals surface area contributed by atoms with Gasteiger partial charge in [-0.3, -0.25) is 4.79 Å². The quantitative estimate of drug-likeness (QED) is 0.621. The van der Waals surface area contributed by atoms with Gasteiger partial charge in [-0.2, -0.15) is 0 Å². The molecule has 0 aromatic rings.